The number of carbonyl (C=O) groups excluding carboxylic acids is 1. The molecule has 2 heterocycles. The van der Waals surface area contributed by atoms with Gasteiger partial charge in [-0.05, 0) is 37.8 Å². The van der Waals surface area contributed by atoms with Gasteiger partial charge in [0.15, 0.2) is 0 Å². The van der Waals surface area contributed by atoms with Crippen LogP contribution in [0.15, 0.2) is 18.2 Å². The topological polar surface area (TPSA) is 32.8 Å². The lowest BCUT2D eigenvalue weighted by atomic mass is 9.97. The number of nitrogens with zero attached hydrogens (tertiary/aromatic N) is 2. The number of halogens is 2. The van der Waals surface area contributed by atoms with Gasteiger partial charge in [0.05, 0.1) is 18.8 Å². The van der Waals surface area contributed by atoms with Gasteiger partial charge in [-0.1, -0.05) is 0 Å². The molecule has 1 atom stereocenters. The third-order valence-electron chi connectivity index (χ3n) is 4.93. The molecule has 2 aliphatic heterocycles. The van der Waals surface area contributed by atoms with Crippen molar-refractivity contribution < 1.29 is 18.3 Å². The summed E-state index contributed by atoms with van der Waals surface area (Å²) in [4.78, 5) is 16.8. The Labute approximate surface area is 141 Å². The lowest BCUT2D eigenvalue weighted by molar-refractivity contribution is 0.0295. The maximum Gasteiger partial charge on any atom is 0.257 e. The Morgan fingerprint density at radius 1 is 1.17 bits per heavy atom. The van der Waals surface area contributed by atoms with Gasteiger partial charge in [-0.15, -0.1) is 0 Å². The Kier molecular flexibility index (Phi) is 5.79. The third kappa shape index (κ3) is 4.11. The van der Waals surface area contributed by atoms with E-state index in [4.69, 9.17) is 4.74 Å². The maximum atomic E-state index is 13.9. The number of hydrogen-bond acceptors (Lipinski definition) is 3. The third-order valence-corrected chi connectivity index (χ3v) is 4.93. The second-order valence-electron chi connectivity index (χ2n) is 6.52. The lowest BCUT2D eigenvalue weighted by Crippen LogP contribution is -2.46. The van der Waals surface area contributed by atoms with Gasteiger partial charge in [0.2, 0.25) is 0 Å². The highest BCUT2D eigenvalue weighted by Gasteiger charge is 2.29. The van der Waals surface area contributed by atoms with E-state index >= 15 is 0 Å². The zero-order valence-electron chi connectivity index (χ0n) is 13.8. The van der Waals surface area contributed by atoms with Crippen LogP contribution in [0.4, 0.5) is 8.78 Å². The van der Waals surface area contributed by atoms with E-state index in [1.807, 2.05) is 0 Å². The van der Waals surface area contributed by atoms with Crippen molar-refractivity contribution in [3.8, 4) is 0 Å². The van der Waals surface area contributed by atoms with E-state index in [1.54, 1.807) is 4.90 Å². The van der Waals surface area contributed by atoms with Crippen LogP contribution in [-0.4, -0.2) is 61.1 Å². The molecule has 24 heavy (non-hydrogen) atoms. The van der Waals surface area contributed by atoms with Crippen LogP contribution in [-0.2, 0) is 4.74 Å². The van der Waals surface area contributed by atoms with Crippen molar-refractivity contribution >= 4 is 5.91 Å². The summed E-state index contributed by atoms with van der Waals surface area (Å²) in [5.74, 6) is -1.76. The first kappa shape index (κ1) is 17.3. The van der Waals surface area contributed by atoms with Crippen LogP contribution in [0.1, 0.15) is 36.0 Å². The Hall–Kier alpha value is -1.53. The molecule has 3 rings (SSSR count). The molecule has 2 aliphatic rings. The average Bonchev–Trinajstić information content (AvgIpc) is 2.60. The van der Waals surface area contributed by atoms with Gasteiger partial charge in [0.1, 0.15) is 11.6 Å². The van der Waals surface area contributed by atoms with Gasteiger partial charge in [-0.2, -0.15) is 0 Å². The summed E-state index contributed by atoms with van der Waals surface area (Å²) >= 11 is 0. The van der Waals surface area contributed by atoms with Gasteiger partial charge in [-0.25, -0.2) is 8.78 Å². The van der Waals surface area contributed by atoms with Crippen LogP contribution in [0, 0.1) is 11.6 Å². The molecule has 0 spiro atoms. The molecule has 1 amide bonds. The van der Waals surface area contributed by atoms with Gasteiger partial charge in [0, 0.05) is 38.3 Å². The molecule has 0 aliphatic carbocycles. The molecule has 1 unspecified atom stereocenters. The summed E-state index contributed by atoms with van der Waals surface area (Å²) in [5, 5.41) is 0. The fourth-order valence-electron chi connectivity index (χ4n) is 3.54. The fourth-order valence-corrected chi connectivity index (χ4v) is 3.54. The molecule has 2 fully saturated rings. The number of likely N-dealkylation sites (tertiary alicyclic amines) is 1. The van der Waals surface area contributed by atoms with Crippen molar-refractivity contribution in [1.82, 2.24) is 9.80 Å². The van der Waals surface area contributed by atoms with Gasteiger partial charge < -0.3 is 9.64 Å². The minimum Gasteiger partial charge on any atom is -0.379 e. The number of hydrogen-bond donors (Lipinski definition) is 0. The first-order chi connectivity index (χ1) is 11.6. The predicted octanol–water partition coefficient (Wildman–Crippen LogP) is 2.68. The van der Waals surface area contributed by atoms with Gasteiger partial charge in [-0.3, -0.25) is 9.69 Å². The number of carbonyl (C=O) groups is 1. The molecule has 1 aromatic rings. The minimum absolute atomic E-state index is 0.0327. The van der Waals surface area contributed by atoms with E-state index in [9.17, 15) is 13.6 Å². The smallest absolute Gasteiger partial charge is 0.257 e. The number of ether oxygens (including phenoxy) is 1. The van der Waals surface area contributed by atoms with Crippen LogP contribution < -0.4 is 0 Å². The highest BCUT2D eigenvalue weighted by Crippen LogP contribution is 2.23. The predicted molar refractivity (Wildman–Crippen MR) is 86.9 cm³/mol. The van der Waals surface area contributed by atoms with E-state index in [0.717, 1.165) is 70.7 Å². The number of rotatable bonds is 4. The summed E-state index contributed by atoms with van der Waals surface area (Å²) in [7, 11) is 0. The molecule has 0 radical (unpaired) electrons. The molecule has 0 N–H and O–H groups in total. The number of benzene rings is 1. The summed E-state index contributed by atoms with van der Waals surface area (Å²) in [6, 6.07) is 3.29. The van der Waals surface area contributed by atoms with Crippen LogP contribution in [0.3, 0.4) is 0 Å². The molecule has 6 heteroatoms. The fraction of sp³-hybridized carbons (Fsp3) is 0.611. The molecule has 2 saturated heterocycles. The SMILES string of the molecule is O=C(c1ccc(F)cc1F)N1CCCCC1CCN1CCOCC1. The van der Waals surface area contributed by atoms with E-state index < -0.39 is 11.6 Å². The largest absolute Gasteiger partial charge is 0.379 e. The van der Waals surface area contributed by atoms with E-state index in [-0.39, 0.29) is 17.5 Å². The van der Waals surface area contributed by atoms with Crippen molar-refractivity contribution in [2.45, 2.75) is 31.7 Å². The normalized spacial score (nSPS) is 22.6. The molecule has 4 nitrogen and oxygen atoms in total. The van der Waals surface area contributed by atoms with Crippen molar-refractivity contribution in [3.63, 3.8) is 0 Å². The molecule has 0 saturated carbocycles. The Bertz CT molecular complexity index is 576. The Morgan fingerprint density at radius 2 is 1.96 bits per heavy atom. The average molecular weight is 338 g/mol. The van der Waals surface area contributed by atoms with Crippen molar-refractivity contribution in [1.29, 1.82) is 0 Å². The summed E-state index contributed by atoms with van der Waals surface area (Å²) in [6.45, 7) is 4.93. The monoisotopic (exact) mass is 338 g/mol. The van der Waals surface area contributed by atoms with E-state index in [1.165, 1.54) is 6.07 Å². The second-order valence-corrected chi connectivity index (χ2v) is 6.52. The maximum absolute atomic E-state index is 13.9. The minimum atomic E-state index is -0.780. The standard InChI is InChI=1S/C18H24F2N2O2/c19-14-4-5-16(17(20)13-14)18(23)22-7-2-1-3-15(22)6-8-21-9-11-24-12-10-21/h4-5,13,15H,1-3,6-12H2. The Morgan fingerprint density at radius 3 is 2.71 bits per heavy atom. The first-order valence-electron chi connectivity index (χ1n) is 8.71. The number of piperidine rings is 1. The van der Waals surface area contributed by atoms with Gasteiger partial charge in [0.25, 0.3) is 5.91 Å². The second kappa shape index (κ2) is 8.03. The number of amides is 1. The molecule has 132 valence electrons. The highest BCUT2D eigenvalue weighted by atomic mass is 19.1. The van der Waals surface area contributed by atoms with Crippen molar-refractivity contribution in [2.75, 3.05) is 39.4 Å². The van der Waals surface area contributed by atoms with Crippen LogP contribution in [0.5, 0.6) is 0 Å². The highest BCUT2D eigenvalue weighted by molar-refractivity contribution is 5.94. The zero-order chi connectivity index (χ0) is 16.9. The summed E-state index contributed by atoms with van der Waals surface area (Å²) in [5.41, 5.74) is -0.0327. The zero-order valence-corrected chi connectivity index (χ0v) is 13.8. The van der Waals surface area contributed by atoms with E-state index in [0.29, 0.717) is 6.54 Å². The number of morpholine rings is 1. The quantitative estimate of drug-likeness (QED) is 0.846. The summed E-state index contributed by atoms with van der Waals surface area (Å²) < 4.78 is 32.4. The van der Waals surface area contributed by atoms with Crippen molar-refractivity contribution in [3.05, 3.63) is 35.4 Å². The molecular weight excluding hydrogens is 314 g/mol. The molecule has 0 bridgehead atoms. The van der Waals surface area contributed by atoms with Crippen LogP contribution in [0.25, 0.3) is 0 Å². The van der Waals surface area contributed by atoms with Gasteiger partial charge >= 0.3 is 0 Å². The molecule has 0 aromatic heterocycles. The van der Waals surface area contributed by atoms with E-state index in [2.05, 4.69) is 4.90 Å². The Balaban J connectivity index is 1.65. The van der Waals surface area contributed by atoms with Crippen molar-refractivity contribution in [2.24, 2.45) is 0 Å². The lowest BCUT2D eigenvalue weighted by Gasteiger charge is -2.37. The van der Waals surface area contributed by atoms with Crippen LogP contribution in [0.2, 0.25) is 0 Å². The molecule has 1 aromatic carbocycles. The summed E-state index contributed by atoms with van der Waals surface area (Å²) in [6.07, 6.45) is 3.85. The first-order valence-corrected chi connectivity index (χ1v) is 8.71. The molecular formula is C18H24F2N2O2. The van der Waals surface area contributed by atoms with Crippen LogP contribution >= 0.6 is 0 Å².